The Balaban J connectivity index is 0.00000220. The van der Waals surface area contributed by atoms with Crippen LogP contribution in [0.3, 0.4) is 0 Å². The molecule has 2 rings (SSSR count). The van der Waals surface area contributed by atoms with E-state index in [4.69, 9.17) is 10.5 Å². The number of nitrogens with two attached hydrogens (primary N) is 1. The molecule has 0 aliphatic heterocycles. The number of esters is 1. The second-order valence-electron chi connectivity index (χ2n) is 4.54. The van der Waals surface area contributed by atoms with Crippen molar-refractivity contribution in [3.63, 3.8) is 0 Å². The van der Waals surface area contributed by atoms with Gasteiger partial charge in [-0.2, -0.15) is 0 Å². The van der Waals surface area contributed by atoms with E-state index in [2.05, 4.69) is 22.5 Å². The Morgan fingerprint density at radius 1 is 1.24 bits per heavy atom. The van der Waals surface area contributed by atoms with Gasteiger partial charge in [-0.05, 0) is 30.9 Å². The van der Waals surface area contributed by atoms with Gasteiger partial charge < -0.3 is 10.5 Å². The first-order chi connectivity index (χ1) is 9.67. The van der Waals surface area contributed by atoms with Gasteiger partial charge in [-0.3, -0.25) is 4.79 Å². The lowest BCUT2D eigenvalue weighted by Crippen LogP contribution is -2.16. The van der Waals surface area contributed by atoms with E-state index in [0.717, 1.165) is 29.1 Å². The number of carbonyl (C=O) groups is 1. The van der Waals surface area contributed by atoms with Crippen molar-refractivity contribution in [2.45, 2.75) is 26.4 Å². The third-order valence-electron chi connectivity index (χ3n) is 2.93. The number of carbonyl (C=O) groups excluding carboxylic acids is 1. The van der Waals surface area contributed by atoms with Crippen LogP contribution in [0, 0.1) is 6.92 Å². The summed E-state index contributed by atoms with van der Waals surface area (Å²) >= 11 is 1.68. The number of ether oxygens (including phenoxy) is 1. The van der Waals surface area contributed by atoms with Crippen LogP contribution in [0.5, 0.6) is 0 Å². The van der Waals surface area contributed by atoms with Crippen molar-refractivity contribution < 1.29 is 9.53 Å². The van der Waals surface area contributed by atoms with Crippen LogP contribution in [0.15, 0.2) is 29.6 Å². The van der Waals surface area contributed by atoms with E-state index in [1.807, 2.05) is 19.1 Å². The van der Waals surface area contributed by atoms with Gasteiger partial charge in [0.1, 0.15) is 6.61 Å². The van der Waals surface area contributed by atoms with Crippen molar-refractivity contribution in [2.24, 2.45) is 5.73 Å². The smallest absolute Gasteiger partial charge is 0.320 e. The summed E-state index contributed by atoms with van der Waals surface area (Å²) in [5, 5.41) is 3.22. The molecular weight excluding hydrogens is 308 g/mol. The molecule has 114 valence electrons. The van der Waals surface area contributed by atoms with E-state index in [-0.39, 0.29) is 31.5 Å². The molecule has 1 aromatic heterocycles. The molecule has 0 bridgehead atoms. The third-order valence-corrected chi connectivity index (χ3v) is 3.75. The molecule has 4 nitrogen and oxygen atoms in total. The highest BCUT2D eigenvalue weighted by Gasteiger charge is 2.02. The van der Waals surface area contributed by atoms with Crippen molar-refractivity contribution in [1.29, 1.82) is 0 Å². The van der Waals surface area contributed by atoms with E-state index in [0.29, 0.717) is 0 Å². The fraction of sp³-hybridized carbons (Fsp3) is 0.333. The largest absolute Gasteiger partial charge is 0.460 e. The molecule has 0 atom stereocenters. The number of hydrogen-bond acceptors (Lipinski definition) is 5. The number of hydrogen-bond donors (Lipinski definition) is 1. The summed E-state index contributed by atoms with van der Waals surface area (Å²) in [6.07, 6.45) is 1.91. The van der Waals surface area contributed by atoms with Crippen LogP contribution in [-0.2, 0) is 29.0 Å². The minimum atomic E-state index is -0.382. The van der Waals surface area contributed by atoms with Crippen molar-refractivity contribution >= 4 is 29.7 Å². The van der Waals surface area contributed by atoms with Crippen LogP contribution >= 0.6 is 23.7 Å². The van der Waals surface area contributed by atoms with E-state index < -0.39 is 0 Å². The zero-order chi connectivity index (χ0) is 14.4. The number of thiazole rings is 1. The highest BCUT2D eigenvalue weighted by molar-refractivity contribution is 7.09. The normalized spacial score (nSPS) is 10.0. The molecule has 0 amide bonds. The average molecular weight is 327 g/mol. The molecule has 2 aromatic rings. The van der Waals surface area contributed by atoms with Crippen molar-refractivity contribution in [3.05, 3.63) is 51.5 Å². The van der Waals surface area contributed by atoms with Crippen molar-refractivity contribution in [3.8, 4) is 0 Å². The van der Waals surface area contributed by atoms with Gasteiger partial charge >= 0.3 is 5.97 Å². The lowest BCUT2D eigenvalue weighted by Gasteiger charge is -2.05. The summed E-state index contributed by atoms with van der Waals surface area (Å²) in [6, 6.07) is 8.08. The Labute approximate surface area is 134 Å². The maximum atomic E-state index is 11.0. The summed E-state index contributed by atoms with van der Waals surface area (Å²) in [5.74, 6) is -0.382. The molecule has 0 aliphatic rings. The van der Waals surface area contributed by atoms with Crippen LogP contribution in [0.4, 0.5) is 0 Å². The first-order valence-electron chi connectivity index (χ1n) is 6.52. The first-order valence-corrected chi connectivity index (χ1v) is 7.40. The Morgan fingerprint density at radius 2 is 1.90 bits per heavy atom. The number of rotatable bonds is 6. The number of halogens is 1. The highest BCUT2D eigenvalue weighted by Crippen LogP contribution is 2.12. The predicted molar refractivity (Wildman–Crippen MR) is 86.8 cm³/mol. The zero-order valence-electron chi connectivity index (χ0n) is 11.9. The van der Waals surface area contributed by atoms with Gasteiger partial charge in [-0.1, -0.05) is 24.3 Å². The van der Waals surface area contributed by atoms with Crippen LogP contribution in [0.1, 0.15) is 21.8 Å². The molecule has 0 unspecified atom stereocenters. The lowest BCUT2D eigenvalue weighted by molar-refractivity contribution is -0.143. The molecule has 21 heavy (non-hydrogen) atoms. The SMILES string of the molecule is Cc1nc(CCc2ccc(COC(=O)CN)cc2)cs1.Cl. The summed E-state index contributed by atoms with van der Waals surface area (Å²) < 4.78 is 4.98. The van der Waals surface area contributed by atoms with Gasteiger partial charge in [0.2, 0.25) is 0 Å². The Morgan fingerprint density at radius 3 is 2.48 bits per heavy atom. The molecule has 2 N–H and O–H groups in total. The fourth-order valence-corrected chi connectivity index (χ4v) is 2.47. The van der Waals surface area contributed by atoms with Crippen molar-refractivity contribution in [2.75, 3.05) is 6.54 Å². The fourth-order valence-electron chi connectivity index (χ4n) is 1.82. The first kappa shape index (κ1) is 17.6. The van der Waals surface area contributed by atoms with Gasteiger partial charge in [0.25, 0.3) is 0 Å². The molecule has 0 fully saturated rings. The van der Waals surface area contributed by atoms with E-state index in [1.165, 1.54) is 5.56 Å². The zero-order valence-corrected chi connectivity index (χ0v) is 13.5. The summed E-state index contributed by atoms with van der Waals surface area (Å²) in [7, 11) is 0. The number of aryl methyl sites for hydroxylation is 3. The second kappa shape index (κ2) is 8.77. The summed E-state index contributed by atoms with van der Waals surface area (Å²) in [4.78, 5) is 15.4. The maximum Gasteiger partial charge on any atom is 0.320 e. The monoisotopic (exact) mass is 326 g/mol. The molecule has 0 spiro atoms. The van der Waals surface area contributed by atoms with Crippen LogP contribution < -0.4 is 5.73 Å². The topological polar surface area (TPSA) is 65.2 Å². The Kier molecular flexibility index (Phi) is 7.36. The molecule has 0 saturated carbocycles. The van der Waals surface area contributed by atoms with Gasteiger partial charge in [-0.15, -0.1) is 23.7 Å². The second-order valence-corrected chi connectivity index (χ2v) is 5.60. The molecule has 0 radical (unpaired) electrons. The van der Waals surface area contributed by atoms with Crippen molar-refractivity contribution in [1.82, 2.24) is 4.98 Å². The predicted octanol–water partition coefficient (Wildman–Crippen LogP) is 2.66. The Hall–Kier alpha value is -1.43. The van der Waals surface area contributed by atoms with Gasteiger partial charge in [0, 0.05) is 5.38 Å². The highest BCUT2D eigenvalue weighted by atomic mass is 35.5. The van der Waals surface area contributed by atoms with Gasteiger partial charge in [0.15, 0.2) is 0 Å². The third kappa shape index (κ3) is 5.83. The number of nitrogens with zero attached hydrogens (tertiary/aromatic N) is 1. The number of benzene rings is 1. The van der Waals surface area contributed by atoms with E-state index in [9.17, 15) is 4.79 Å². The Bertz CT molecular complexity index is 569. The molecule has 1 heterocycles. The molecule has 6 heteroatoms. The average Bonchev–Trinajstić information content (AvgIpc) is 2.89. The van der Waals surface area contributed by atoms with Gasteiger partial charge in [-0.25, -0.2) is 4.98 Å². The van der Waals surface area contributed by atoms with E-state index >= 15 is 0 Å². The van der Waals surface area contributed by atoms with Crippen LogP contribution in [0.25, 0.3) is 0 Å². The summed E-state index contributed by atoms with van der Waals surface area (Å²) in [5.41, 5.74) is 8.55. The number of aromatic nitrogens is 1. The molecule has 0 saturated heterocycles. The quantitative estimate of drug-likeness (QED) is 0.829. The maximum absolute atomic E-state index is 11.0. The van der Waals surface area contributed by atoms with Gasteiger partial charge in [0.05, 0.1) is 17.2 Å². The lowest BCUT2D eigenvalue weighted by atomic mass is 10.1. The minimum absolute atomic E-state index is 0. The summed E-state index contributed by atoms with van der Waals surface area (Å²) in [6.45, 7) is 2.22. The molecule has 0 aliphatic carbocycles. The minimum Gasteiger partial charge on any atom is -0.460 e. The standard InChI is InChI=1S/C15H18N2O2S.ClH/c1-11-17-14(10-20-11)7-6-12-2-4-13(5-3-12)9-19-15(18)8-16;/h2-5,10H,6-9,16H2,1H3;1H. The van der Waals surface area contributed by atoms with E-state index in [1.54, 1.807) is 11.3 Å². The molecular formula is C15H19ClN2O2S. The van der Waals surface area contributed by atoms with Crippen LogP contribution in [0.2, 0.25) is 0 Å². The van der Waals surface area contributed by atoms with Crippen LogP contribution in [-0.4, -0.2) is 17.5 Å². The molecule has 1 aromatic carbocycles.